The van der Waals surface area contributed by atoms with E-state index in [2.05, 4.69) is 20.7 Å². The first-order valence-electron chi connectivity index (χ1n) is 9.58. The van der Waals surface area contributed by atoms with Crippen molar-refractivity contribution in [3.05, 3.63) is 17.0 Å². The van der Waals surface area contributed by atoms with Crippen molar-refractivity contribution in [2.75, 3.05) is 26.2 Å². The Morgan fingerprint density at radius 1 is 1.25 bits per heavy atom. The molecule has 28 heavy (non-hydrogen) atoms. The number of halogens is 1. The lowest BCUT2D eigenvalue weighted by Gasteiger charge is -2.26. The standard InChI is InChI=1S/C19H36N6O2.HI/c1-9-20-17(22-13-16-14(3)23-24(8)15(16)4)21-11-12-25(10-2)18(26)27-19(5,6)7;/h9-13H2,1-8H3,(H2,20,21,22);1H. The number of nitrogens with zero attached hydrogens (tertiary/aromatic N) is 4. The zero-order valence-corrected chi connectivity index (χ0v) is 20.9. The number of aryl methyl sites for hydroxylation is 2. The molecule has 0 aromatic carbocycles. The molecule has 0 aliphatic rings. The first-order chi connectivity index (χ1) is 12.6. The molecule has 1 aromatic rings. The van der Waals surface area contributed by atoms with Crippen molar-refractivity contribution in [2.24, 2.45) is 12.0 Å². The van der Waals surface area contributed by atoms with Gasteiger partial charge in [-0.3, -0.25) is 4.68 Å². The lowest BCUT2D eigenvalue weighted by atomic mass is 10.2. The van der Waals surface area contributed by atoms with E-state index >= 15 is 0 Å². The van der Waals surface area contributed by atoms with Gasteiger partial charge >= 0.3 is 6.09 Å². The van der Waals surface area contributed by atoms with Gasteiger partial charge in [-0.2, -0.15) is 5.10 Å². The number of ether oxygens (including phenoxy) is 1. The quantitative estimate of drug-likeness (QED) is 0.336. The van der Waals surface area contributed by atoms with Crippen LogP contribution in [0.3, 0.4) is 0 Å². The molecule has 0 saturated carbocycles. The number of hydrogen-bond donors (Lipinski definition) is 2. The summed E-state index contributed by atoms with van der Waals surface area (Å²) >= 11 is 0. The normalized spacial score (nSPS) is 11.6. The molecule has 1 rings (SSSR count). The molecule has 0 saturated heterocycles. The third-order valence-electron chi connectivity index (χ3n) is 4.11. The Morgan fingerprint density at radius 2 is 1.89 bits per heavy atom. The molecule has 0 spiro atoms. The van der Waals surface area contributed by atoms with Crippen molar-refractivity contribution in [3.8, 4) is 0 Å². The molecule has 0 atom stereocenters. The van der Waals surface area contributed by atoms with Crippen LogP contribution in [0.15, 0.2) is 4.99 Å². The van der Waals surface area contributed by atoms with Gasteiger partial charge in [0, 0.05) is 44.5 Å². The van der Waals surface area contributed by atoms with Gasteiger partial charge in [-0.05, 0) is 48.5 Å². The maximum atomic E-state index is 12.2. The van der Waals surface area contributed by atoms with Gasteiger partial charge < -0.3 is 20.3 Å². The predicted octanol–water partition coefficient (Wildman–Crippen LogP) is 2.97. The van der Waals surface area contributed by atoms with Crippen LogP contribution in [0.4, 0.5) is 4.79 Å². The van der Waals surface area contributed by atoms with E-state index in [-0.39, 0.29) is 30.1 Å². The van der Waals surface area contributed by atoms with Gasteiger partial charge in [0.2, 0.25) is 0 Å². The number of nitrogens with one attached hydrogen (secondary N) is 2. The van der Waals surface area contributed by atoms with E-state index < -0.39 is 5.60 Å². The first kappa shape index (κ1) is 26.5. The molecule has 8 nitrogen and oxygen atoms in total. The summed E-state index contributed by atoms with van der Waals surface area (Å²) in [5.41, 5.74) is 2.76. The number of amides is 1. The highest BCUT2D eigenvalue weighted by Gasteiger charge is 2.20. The monoisotopic (exact) mass is 508 g/mol. The fourth-order valence-corrected chi connectivity index (χ4v) is 2.56. The topological polar surface area (TPSA) is 83.8 Å². The van der Waals surface area contributed by atoms with Crippen LogP contribution in [0.2, 0.25) is 0 Å². The molecule has 0 unspecified atom stereocenters. The summed E-state index contributed by atoms with van der Waals surface area (Å²) in [6.45, 7) is 16.7. The third-order valence-corrected chi connectivity index (χ3v) is 4.11. The average Bonchev–Trinajstić information content (AvgIpc) is 2.80. The fourth-order valence-electron chi connectivity index (χ4n) is 2.56. The maximum Gasteiger partial charge on any atom is 0.410 e. The smallest absolute Gasteiger partial charge is 0.410 e. The minimum atomic E-state index is -0.492. The van der Waals surface area contributed by atoms with Crippen LogP contribution in [-0.2, 0) is 18.3 Å². The van der Waals surface area contributed by atoms with E-state index in [0.717, 1.165) is 29.5 Å². The van der Waals surface area contributed by atoms with Crippen LogP contribution in [0.1, 0.15) is 51.6 Å². The Bertz CT molecular complexity index is 652. The zero-order valence-electron chi connectivity index (χ0n) is 18.5. The first-order valence-corrected chi connectivity index (χ1v) is 9.58. The van der Waals surface area contributed by atoms with E-state index in [1.165, 1.54) is 0 Å². The van der Waals surface area contributed by atoms with Crippen LogP contribution >= 0.6 is 24.0 Å². The van der Waals surface area contributed by atoms with Gasteiger partial charge in [0.1, 0.15) is 5.60 Å². The summed E-state index contributed by atoms with van der Waals surface area (Å²) in [5, 5.41) is 10.9. The fraction of sp³-hybridized carbons (Fsp3) is 0.737. The van der Waals surface area contributed by atoms with E-state index in [4.69, 9.17) is 4.74 Å². The van der Waals surface area contributed by atoms with Crippen molar-refractivity contribution >= 4 is 36.0 Å². The molecule has 1 aromatic heterocycles. The second-order valence-electron chi connectivity index (χ2n) is 7.45. The average molecular weight is 508 g/mol. The highest BCUT2D eigenvalue weighted by Crippen LogP contribution is 2.13. The van der Waals surface area contributed by atoms with Crippen LogP contribution in [0.5, 0.6) is 0 Å². The second-order valence-corrected chi connectivity index (χ2v) is 7.45. The van der Waals surface area contributed by atoms with Crippen LogP contribution < -0.4 is 10.6 Å². The Morgan fingerprint density at radius 3 is 2.36 bits per heavy atom. The van der Waals surface area contributed by atoms with Crippen molar-refractivity contribution in [2.45, 2.75) is 60.6 Å². The number of guanidine groups is 1. The SMILES string of the molecule is CCNC(=NCc1c(C)nn(C)c1C)NCCN(CC)C(=O)OC(C)(C)C.I. The zero-order chi connectivity index (χ0) is 20.6. The Kier molecular flexibility index (Phi) is 11.5. The van der Waals surface area contributed by atoms with Gasteiger partial charge in [-0.15, -0.1) is 24.0 Å². The second kappa shape index (κ2) is 12.1. The van der Waals surface area contributed by atoms with Crippen molar-refractivity contribution < 1.29 is 9.53 Å². The number of rotatable bonds is 7. The molecular weight excluding hydrogens is 471 g/mol. The van der Waals surface area contributed by atoms with Crippen molar-refractivity contribution in [3.63, 3.8) is 0 Å². The minimum absolute atomic E-state index is 0. The molecule has 0 aliphatic carbocycles. The summed E-state index contributed by atoms with van der Waals surface area (Å²) in [6, 6.07) is 0. The van der Waals surface area contributed by atoms with Gasteiger partial charge in [-0.1, -0.05) is 0 Å². The Balaban J connectivity index is 0.00000729. The molecule has 0 bridgehead atoms. The largest absolute Gasteiger partial charge is 0.444 e. The summed E-state index contributed by atoms with van der Waals surface area (Å²) in [5.74, 6) is 0.723. The maximum absolute atomic E-state index is 12.2. The van der Waals surface area contributed by atoms with Gasteiger partial charge in [-0.25, -0.2) is 9.79 Å². The molecule has 2 N–H and O–H groups in total. The number of aromatic nitrogens is 2. The lowest BCUT2D eigenvalue weighted by molar-refractivity contribution is 0.0264. The van der Waals surface area contributed by atoms with Gasteiger partial charge in [0.15, 0.2) is 5.96 Å². The minimum Gasteiger partial charge on any atom is -0.444 e. The number of hydrogen-bond acceptors (Lipinski definition) is 4. The van der Waals surface area contributed by atoms with E-state index in [1.807, 2.05) is 60.2 Å². The Hall–Kier alpha value is -1.52. The summed E-state index contributed by atoms with van der Waals surface area (Å²) in [6.07, 6.45) is -0.296. The molecule has 9 heteroatoms. The van der Waals surface area contributed by atoms with Crippen LogP contribution in [0, 0.1) is 13.8 Å². The predicted molar refractivity (Wildman–Crippen MR) is 124 cm³/mol. The van der Waals surface area contributed by atoms with Crippen LogP contribution in [0.25, 0.3) is 0 Å². The molecule has 162 valence electrons. The summed E-state index contributed by atoms with van der Waals surface area (Å²) in [4.78, 5) is 18.5. The number of likely N-dealkylation sites (N-methyl/N-ethyl adjacent to an activating group) is 1. The van der Waals surface area contributed by atoms with E-state index in [1.54, 1.807) is 4.90 Å². The molecule has 1 heterocycles. The lowest BCUT2D eigenvalue weighted by Crippen LogP contribution is -2.44. The van der Waals surface area contributed by atoms with E-state index in [0.29, 0.717) is 26.2 Å². The van der Waals surface area contributed by atoms with Crippen molar-refractivity contribution in [1.29, 1.82) is 0 Å². The summed E-state index contributed by atoms with van der Waals surface area (Å²) < 4.78 is 7.31. The molecule has 1 amide bonds. The molecular formula is C19H37IN6O2. The number of aliphatic imine (C=N–C) groups is 1. The number of carbonyl (C=O) groups is 1. The third kappa shape index (κ3) is 8.66. The highest BCUT2D eigenvalue weighted by molar-refractivity contribution is 14.0. The summed E-state index contributed by atoms with van der Waals surface area (Å²) in [7, 11) is 1.94. The Labute approximate surface area is 186 Å². The van der Waals surface area contributed by atoms with Gasteiger partial charge in [0.25, 0.3) is 0 Å². The molecule has 0 aliphatic heterocycles. The van der Waals surface area contributed by atoms with Crippen molar-refractivity contribution in [1.82, 2.24) is 25.3 Å². The number of carbonyl (C=O) groups excluding carboxylic acids is 1. The highest BCUT2D eigenvalue weighted by atomic mass is 127. The molecule has 0 radical (unpaired) electrons. The van der Waals surface area contributed by atoms with E-state index in [9.17, 15) is 4.79 Å². The van der Waals surface area contributed by atoms with Crippen LogP contribution in [-0.4, -0.2) is 58.5 Å². The van der Waals surface area contributed by atoms with Gasteiger partial charge in [0.05, 0.1) is 12.2 Å². The molecule has 0 fully saturated rings.